The Kier molecular flexibility index (Phi) is 6.33. The summed E-state index contributed by atoms with van der Waals surface area (Å²) in [4.78, 5) is 5.02. The molecule has 0 bridgehead atoms. The number of rotatable bonds is 6. The molecular formula is C28H30N4O. The Bertz CT molecular complexity index is 1110. The molecule has 0 aliphatic carbocycles. The van der Waals surface area contributed by atoms with Crippen LogP contribution >= 0.6 is 0 Å². The summed E-state index contributed by atoms with van der Waals surface area (Å²) < 4.78 is 6.06. The quantitative estimate of drug-likeness (QED) is 0.397. The Balaban J connectivity index is 1.28. The predicted molar refractivity (Wildman–Crippen MR) is 131 cm³/mol. The highest BCUT2D eigenvalue weighted by Crippen LogP contribution is 2.31. The number of hydrogen-bond donors (Lipinski definition) is 0. The van der Waals surface area contributed by atoms with Gasteiger partial charge in [-0.05, 0) is 37.1 Å². The minimum atomic E-state index is 0.0887. The van der Waals surface area contributed by atoms with Gasteiger partial charge in [0.1, 0.15) is 0 Å². The van der Waals surface area contributed by atoms with Gasteiger partial charge < -0.3 is 4.42 Å². The molecule has 4 aromatic rings. The second kappa shape index (κ2) is 9.69. The maximum atomic E-state index is 6.06. The summed E-state index contributed by atoms with van der Waals surface area (Å²) in [5.74, 6) is 1.27. The summed E-state index contributed by atoms with van der Waals surface area (Å²) in [5, 5.41) is 8.67. The standard InChI is InChI=1S/C28H30N4O/c1-21-13-15-25(16-14-21)28-30-29-27(33-28)22(2)31-17-19-32(20-18-31)26(23-9-5-3-6-10-23)24-11-7-4-8-12-24/h3-16,22,26H,17-20H2,1-2H3. The normalized spacial score (nSPS) is 16.2. The summed E-state index contributed by atoms with van der Waals surface area (Å²) in [6.07, 6.45) is 0. The fourth-order valence-corrected chi connectivity index (χ4v) is 4.64. The predicted octanol–water partition coefficient (Wildman–Crippen LogP) is 5.51. The van der Waals surface area contributed by atoms with Crippen LogP contribution in [0.15, 0.2) is 89.3 Å². The Morgan fingerprint density at radius 1 is 0.697 bits per heavy atom. The molecule has 5 heteroatoms. The molecule has 2 heterocycles. The van der Waals surface area contributed by atoms with Gasteiger partial charge in [0.2, 0.25) is 11.8 Å². The molecule has 1 fully saturated rings. The van der Waals surface area contributed by atoms with E-state index in [1.807, 2.05) is 12.1 Å². The van der Waals surface area contributed by atoms with Crippen LogP contribution in [0.1, 0.15) is 41.6 Å². The van der Waals surface area contributed by atoms with Gasteiger partial charge in [0.15, 0.2) is 0 Å². The SMILES string of the molecule is Cc1ccc(-c2nnc(C(C)N3CCN(C(c4ccccc4)c4ccccc4)CC3)o2)cc1. The van der Waals surface area contributed by atoms with Crippen LogP contribution in [0.2, 0.25) is 0 Å². The first-order valence-electron chi connectivity index (χ1n) is 11.7. The monoisotopic (exact) mass is 438 g/mol. The Morgan fingerprint density at radius 2 is 1.24 bits per heavy atom. The fourth-order valence-electron chi connectivity index (χ4n) is 4.64. The molecular weight excluding hydrogens is 408 g/mol. The van der Waals surface area contributed by atoms with Gasteiger partial charge in [-0.15, -0.1) is 10.2 Å². The topological polar surface area (TPSA) is 45.4 Å². The average molecular weight is 439 g/mol. The van der Waals surface area contributed by atoms with E-state index in [0.717, 1.165) is 31.7 Å². The van der Waals surface area contributed by atoms with E-state index in [1.165, 1.54) is 16.7 Å². The van der Waals surface area contributed by atoms with Crippen LogP contribution in [0.3, 0.4) is 0 Å². The van der Waals surface area contributed by atoms with Gasteiger partial charge in [0.25, 0.3) is 0 Å². The maximum absolute atomic E-state index is 6.06. The number of aryl methyl sites for hydroxylation is 1. The lowest BCUT2D eigenvalue weighted by Crippen LogP contribution is -2.48. The molecule has 0 amide bonds. The van der Waals surface area contributed by atoms with Crippen molar-refractivity contribution >= 4 is 0 Å². The van der Waals surface area contributed by atoms with Crippen LogP contribution in [0, 0.1) is 6.92 Å². The van der Waals surface area contributed by atoms with Gasteiger partial charge >= 0.3 is 0 Å². The van der Waals surface area contributed by atoms with Gasteiger partial charge in [-0.3, -0.25) is 9.80 Å². The van der Waals surface area contributed by atoms with E-state index in [0.29, 0.717) is 11.8 Å². The summed E-state index contributed by atoms with van der Waals surface area (Å²) in [6.45, 7) is 8.12. The fraction of sp³-hybridized carbons (Fsp3) is 0.286. The van der Waals surface area contributed by atoms with Crippen LogP contribution in [0.5, 0.6) is 0 Å². The van der Waals surface area contributed by atoms with E-state index in [-0.39, 0.29) is 12.1 Å². The molecule has 3 aromatic carbocycles. The van der Waals surface area contributed by atoms with E-state index in [9.17, 15) is 0 Å². The van der Waals surface area contributed by atoms with Crippen LogP contribution in [-0.4, -0.2) is 46.2 Å². The minimum Gasteiger partial charge on any atom is -0.419 e. The summed E-state index contributed by atoms with van der Waals surface area (Å²) >= 11 is 0. The van der Waals surface area contributed by atoms with Crippen molar-refractivity contribution in [3.63, 3.8) is 0 Å². The highest BCUT2D eigenvalue weighted by molar-refractivity contribution is 5.52. The molecule has 1 aliphatic rings. The molecule has 33 heavy (non-hydrogen) atoms. The third-order valence-corrected chi connectivity index (χ3v) is 6.59. The average Bonchev–Trinajstić information content (AvgIpc) is 3.36. The second-order valence-corrected chi connectivity index (χ2v) is 8.78. The molecule has 1 aliphatic heterocycles. The van der Waals surface area contributed by atoms with Crippen LogP contribution in [0.4, 0.5) is 0 Å². The summed E-state index contributed by atoms with van der Waals surface area (Å²) in [5.41, 5.74) is 4.86. The number of benzene rings is 3. The first-order chi connectivity index (χ1) is 16.2. The van der Waals surface area contributed by atoms with Crippen molar-refractivity contribution in [3.8, 4) is 11.5 Å². The lowest BCUT2D eigenvalue weighted by molar-refractivity contribution is 0.0751. The lowest BCUT2D eigenvalue weighted by Gasteiger charge is -2.41. The molecule has 1 saturated heterocycles. The van der Waals surface area contributed by atoms with E-state index in [4.69, 9.17) is 4.42 Å². The van der Waals surface area contributed by atoms with Gasteiger partial charge in [-0.1, -0.05) is 78.4 Å². The second-order valence-electron chi connectivity index (χ2n) is 8.78. The van der Waals surface area contributed by atoms with Crippen molar-refractivity contribution in [2.75, 3.05) is 26.2 Å². The zero-order valence-electron chi connectivity index (χ0n) is 19.3. The third kappa shape index (κ3) is 4.75. The number of nitrogens with zero attached hydrogens (tertiary/aromatic N) is 4. The van der Waals surface area contributed by atoms with Crippen LogP contribution in [0.25, 0.3) is 11.5 Å². The molecule has 168 valence electrons. The summed E-state index contributed by atoms with van der Waals surface area (Å²) in [6, 6.07) is 30.2. The number of hydrogen-bond acceptors (Lipinski definition) is 5. The molecule has 1 aromatic heterocycles. The molecule has 5 rings (SSSR count). The van der Waals surface area contributed by atoms with Crippen molar-refractivity contribution in [1.82, 2.24) is 20.0 Å². The van der Waals surface area contributed by atoms with Crippen molar-refractivity contribution in [2.45, 2.75) is 25.9 Å². The first-order valence-corrected chi connectivity index (χ1v) is 11.7. The smallest absolute Gasteiger partial charge is 0.247 e. The number of piperazine rings is 1. The molecule has 1 atom stereocenters. The van der Waals surface area contributed by atoms with Crippen molar-refractivity contribution in [3.05, 3.63) is 108 Å². The molecule has 0 saturated carbocycles. The Morgan fingerprint density at radius 3 is 1.82 bits per heavy atom. The highest BCUT2D eigenvalue weighted by Gasteiger charge is 2.30. The Hall–Kier alpha value is -3.28. The van der Waals surface area contributed by atoms with Gasteiger partial charge in [0, 0.05) is 31.7 Å². The van der Waals surface area contributed by atoms with Crippen molar-refractivity contribution in [2.24, 2.45) is 0 Å². The molecule has 1 unspecified atom stereocenters. The lowest BCUT2D eigenvalue weighted by atomic mass is 9.96. The zero-order chi connectivity index (χ0) is 22.6. The maximum Gasteiger partial charge on any atom is 0.247 e. The summed E-state index contributed by atoms with van der Waals surface area (Å²) in [7, 11) is 0. The van der Waals surface area contributed by atoms with Gasteiger partial charge in [-0.2, -0.15) is 0 Å². The zero-order valence-corrected chi connectivity index (χ0v) is 19.3. The third-order valence-electron chi connectivity index (χ3n) is 6.59. The van der Waals surface area contributed by atoms with Gasteiger partial charge in [-0.25, -0.2) is 0 Å². The van der Waals surface area contributed by atoms with Gasteiger partial charge in [0.05, 0.1) is 12.1 Å². The van der Waals surface area contributed by atoms with E-state index >= 15 is 0 Å². The largest absolute Gasteiger partial charge is 0.419 e. The minimum absolute atomic E-state index is 0.0887. The van der Waals surface area contributed by atoms with Crippen molar-refractivity contribution < 1.29 is 4.42 Å². The Labute approximate surface area is 195 Å². The highest BCUT2D eigenvalue weighted by atomic mass is 16.4. The first kappa shape index (κ1) is 21.6. The molecule has 0 radical (unpaired) electrons. The number of aromatic nitrogens is 2. The van der Waals surface area contributed by atoms with E-state index in [2.05, 4.69) is 107 Å². The van der Waals surface area contributed by atoms with Crippen LogP contribution < -0.4 is 0 Å². The van der Waals surface area contributed by atoms with E-state index in [1.54, 1.807) is 0 Å². The van der Waals surface area contributed by atoms with Crippen LogP contribution in [-0.2, 0) is 0 Å². The molecule has 0 spiro atoms. The van der Waals surface area contributed by atoms with E-state index < -0.39 is 0 Å². The molecule has 5 nitrogen and oxygen atoms in total. The molecule has 0 N–H and O–H groups in total. The van der Waals surface area contributed by atoms with Crippen molar-refractivity contribution in [1.29, 1.82) is 0 Å².